The first kappa shape index (κ1) is 13.2. The van der Waals surface area contributed by atoms with E-state index in [0.29, 0.717) is 5.56 Å². The Balaban J connectivity index is 1.80. The summed E-state index contributed by atoms with van der Waals surface area (Å²) in [4.78, 5) is 22.6. The van der Waals surface area contributed by atoms with Crippen LogP contribution >= 0.6 is 0 Å². The van der Waals surface area contributed by atoms with Gasteiger partial charge in [0.1, 0.15) is 0 Å². The molecule has 1 aliphatic rings. The van der Waals surface area contributed by atoms with Gasteiger partial charge in [0.2, 0.25) is 0 Å². The topological polar surface area (TPSA) is 60.2 Å². The Kier molecular flexibility index (Phi) is 3.36. The van der Waals surface area contributed by atoms with Crippen molar-refractivity contribution in [3.63, 3.8) is 0 Å². The highest BCUT2D eigenvalue weighted by molar-refractivity contribution is 6.00. The van der Waals surface area contributed by atoms with Crippen LogP contribution in [-0.4, -0.2) is 10.7 Å². The zero-order valence-electron chi connectivity index (χ0n) is 11.2. The van der Waals surface area contributed by atoms with E-state index in [1.54, 1.807) is 0 Å². The normalized spacial score (nSPS) is 19.8. The lowest BCUT2D eigenvalue weighted by atomic mass is 9.74. The maximum atomic E-state index is 12.5. The van der Waals surface area contributed by atoms with E-state index < -0.39 is 4.92 Å². The molecule has 21 heavy (non-hydrogen) atoms. The first-order chi connectivity index (χ1) is 10.2. The zero-order valence-corrected chi connectivity index (χ0v) is 11.2. The minimum atomic E-state index is -0.468. The molecule has 1 aliphatic carbocycles. The molecule has 4 heteroatoms. The highest BCUT2D eigenvalue weighted by atomic mass is 16.6. The third kappa shape index (κ3) is 2.48. The average Bonchev–Trinajstić information content (AvgIpc) is 2.47. The third-order valence-corrected chi connectivity index (χ3v) is 3.76. The lowest BCUT2D eigenvalue weighted by Crippen LogP contribution is -2.25. The van der Waals surface area contributed by atoms with Crippen molar-refractivity contribution in [1.29, 1.82) is 0 Å². The van der Waals surface area contributed by atoms with Crippen molar-refractivity contribution in [1.82, 2.24) is 0 Å². The molecule has 0 saturated carbocycles. The van der Waals surface area contributed by atoms with E-state index in [4.69, 9.17) is 0 Å². The minimum absolute atomic E-state index is 0.00116. The molecule has 2 aromatic carbocycles. The van der Waals surface area contributed by atoms with E-state index in [1.807, 2.05) is 42.5 Å². The van der Waals surface area contributed by atoms with Crippen LogP contribution in [0.3, 0.4) is 0 Å². The van der Waals surface area contributed by atoms with Gasteiger partial charge in [0.25, 0.3) is 5.69 Å². The largest absolute Gasteiger partial charge is 0.293 e. The van der Waals surface area contributed by atoms with Crippen LogP contribution in [0.25, 0.3) is 0 Å². The van der Waals surface area contributed by atoms with Crippen LogP contribution in [0, 0.1) is 16.0 Å². The van der Waals surface area contributed by atoms with Gasteiger partial charge < -0.3 is 0 Å². The Hall–Kier alpha value is -2.75. The number of nitro benzene ring substituents is 1. The molecular formula is C17H13NO3. The van der Waals surface area contributed by atoms with Crippen molar-refractivity contribution in [3.05, 3.63) is 88.0 Å². The van der Waals surface area contributed by atoms with Crippen molar-refractivity contribution in [2.45, 2.75) is 5.92 Å². The Labute approximate surface area is 121 Å². The fourth-order valence-electron chi connectivity index (χ4n) is 2.52. The summed E-state index contributed by atoms with van der Waals surface area (Å²) in [6.45, 7) is 0. The molecule has 0 radical (unpaired) electrons. The van der Waals surface area contributed by atoms with Crippen LogP contribution in [0.1, 0.15) is 21.8 Å². The van der Waals surface area contributed by atoms with Gasteiger partial charge in [0, 0.05) is 23.6 Å². The molecule has 0 N–H and O–H groups in total. The van der Waals surface area contributed by atoms with Gasteiger partial charge in [-0.1, -0.05) is 42.5 Å². The van der Waals surface area contributed by atoms with Crippen molar-refractivity contribution >= 4 is 11.5 Å². The number of non-ortho nitro benzene ring substituents is 1. The van der Waals surface area contributed by atoms with Crippen molar-refractivity contribution < 1.29 is 9.72 Å². The number of benzene rings is 2. The second-order valence-electron chi connectivity index (χ2n) is 5.02. The monoisotopic (exact) mass is 279 g/mol. The van der Waals surface area contributed by atoms with Gasteiger partial charge in [-0.15, -0.1) is 0 Å². The van der Waals surface area contributed by atoms with E-state index >= 15 is 0 Å². The molecule has 0 spiro atoms. The summed E-state index contributed by atoms with van der Waals surface area (Å²) in [5.41, 5.74) is 1.62. The number of nitro groups is 1. The van der Waals surface area contributed by atoms with Gasteiger partial charge in [-0.05, 0) is 17.7 Å². The molecule has 0 saturated heterocycles. The second kappa shape index (κ2) is 5.32. The second-order valence-corrected chi connectivity index (χ2v) is 5.02. The first-order valence-corrected chi connectivity index (χ1v) is 6.69. The van der Waals surface area contributed by atoms with Gasteiger partial charge in [0.05, 0.1) is 10.8 Å². The highest BCUT2D eigenvalue weighted by Gasteiger charge is 2.32. The standard InChI is InChI=1S/C17H13NO3/c19-17(13-6-8-14(9-7-13)18(20)21)16-11-10-15(16)12-4-2-1-3-5-12/h1-11,15-16H/t15-,16-/m1/s1. The maximum absolute atomic E-state index is 12.5. The minimum Gasteiger partial charge on any atom is -0.293 e. The summed E-state index contributed by atoms with van der Waals surface area (Å²) in [5, 5.41) is 10.6. The average molecular weight is 279 g/mol. The molecule has 0 amide bonds. The molecule has 2 aromatic rings. The number of ketones is 1. The van der Waals surface area contributed by atoms with Crippen LogP contribution < -0.4 is 0 Å². The van der Waals surface area contributed by atoms with Crippen molar-refractivity contribution in [3.8, 4) is 0 Å². The quantitative estimate of drug-likeness (QED) is 0.370. The highest BCUT2D eigenvalue weighted by Crippen LogP contribution is 2.37. The summed E-state index contributed by atoms with van der Waals surface area (Å²) < 4.78 is 0. The fraction of sp³-hybridized carbons (Fsp3) is 0.118. The number of Topliss-reactive ketones (excluding diaryl/α,β-unsaturated/α-hetero) is 1. The van der Waals surface area contributed by atoms with Crippen LogP contribution in [0.4, 0.5) is 5.69 Å². The fourth-order valence-corrected chi connectivity index (χ4v) is 2.52. The summed E-state index contributed by atoms with van der Waals surface area (Å²) in [5.74, 6) is -0.0935. The van der Waals surface area contributed by atoms with Gasteiger partial charge in [-0.25, -0.2) is 0 Å². The van der Waals surface area contributed by atoms with E-state index in [2.05, 4.69) is 0 Å². The molecule has 4 nitrogen and oxygen atoms in total. The molecule has 0 aliphatic heterocycles. The molecular weight excluding hydrogens is 266 g/mol. The van der Waals surface area contributed by atoms with Gasteiger partial charge >= 0.3 is 0 Å². The van der Waals surface area contributed by atoms with Crippen LogP contribution in [0.5, 0.6) is 0 Å². The Bertz CT molecular complexity index is 705. The molecule has 0 bridgehead atoms. The maximum Gasteiger partial charge on any atom is 0.269 e. The van der Waals surface area contributed by atoms with Crippen molar-refractivity contribution in [2.24, 2.45) is 5.92 Å². The van der Waals surface area contributed by atoms with E-state index in [-0.39, 0.29) is 23.3 Å². The van der Waals surface area contributed by atoms with Gasteiger partial charge in [-0.3, -0.25) is 14.9 Å². The Morgan fingerprint density at radius 2 is 1.62 bits per heavy atom. The molecule has 0 aromatic heterocycles. The molecule has 0 unspecified atom stereocenters. The molecule has 104 valence electrons. The number of hydrogen-bond acceptors (Lipinski definition) is 3. The molecule has 0 fully saturated rings. The third-order valence-electron chi connectivity index (χ3n) is 3.76. The van der Waals surface area contributed by atoms with Crippen LogP contribution in [0.2, 0.25) is 0 Å². The Morgan fingerprint density at radius 1 is 0.952 bits per heavy atom. The van der Waals surface area contributed by atoms with Crippen molar-refractivity contribution in [2.75, 3.05) is 0 Å². The molecule has 3 rings (SSSR count). The Morgan fingerprint density at radius 3 is 2.14 bits per heavy atom. The van der Waals surface area contributed by atoms with Crippen LogP contribution in [0.15, 0.2) is 66.7 Å². The van der Waals surface area contributed by atoms with Gasteiger partial charge in [-0.2, -0.15) is 0 Å². The number of hydrogen-bond donors (Lipinski definition) is 0. The smallest absolute Gasteiger partial charge is 0.269 e. The predicted octanol–water partition coefficient (Wildman–Crippen LogP) is 3.75. The summed E-state index contributed by atoms with van der Waals surface area (Å²) >= 11 is 0. The molecule has 0 heterocycles. The predicted molar refractivity (Wildman–Crippen MR) is 79.2 cm³/mol. The van der Waals surface area contributed by atoms with Crippen LogP contribution in [-0.2, 0) is 0 Å². The number of carbonyl (C=O) groups is 1. The number of carbonyl (C=O) groups excluding carboxylic acids is 1. The molecule has 2 atom stereocenters. The number of allylic oxidation sites excluding steroid dienone is 2. The zero-order chi connectivity index (χ0) is 14.8. The van der Waals surface area contributed by atoms with E-state index in [9.17, 15) is 14.9 Å². The number of nitrogens with zero attached hydrogens (tertiary/aromatic N) is 1. The first-order valence-electron chi connectivity index (χ1n) is 6.69. The SMILES string of the molecule is O=C(c1ccc([N+](=O)[O-])cc1)[C@@H]1C=C[C@@H]1c1ccccc1. The van der Waals surface area contributed by atoms with E-state index in [0.717, 1.165) is 5.56 Å². The number of rotatable bonds is 4. The lowest BCUT2D eigenvalue weighted by molar-refractivity contribution is -0.384. The van der Waals surface area contributed by atoms with E-state index in [1.165, 1.54) is 24.3 Å². The summed E-state index contributed by atoms with van der Waals surface area (Å²) in [7, 11) is 0. The lowest BCUT2D eigenvalue weighted by Gasteiger charge is -2.28. The summed E-state index contributed by atoms with van der Waals surface area (Å²) in [6, 6.07) is 15.6. The summed E-state index contributed by atoms with van der Waals surface area (Å²) in [6.07, 6.45) is 3.91. The van der Waals surface area contributed by atoms with Gasteiger partial charge in [0.15, 0.2) is 5.78 Å².